The van der Waals surface area contributed by atoms with E-state index in [-0.39, 0.29) is 23.8 Å². The lowest BCUT2D eigenvalue weighted by molar-refractivity contribution is -0.116. The summed E-state index contributed by atoms with van der Waals surface area (Å²) in [5.41, 5.74) is 0.478. The fourth-order valence-electron chi connectivity index (χ4n) is 2.55. The number of oxime groups is 1. The van der Waals surface area contributed by atoms with Crippen molar-refractivity contribution in [1.29, 1.82) is 0 Å². The molecule has 1 aliphatic rings. The van der Waals surface area contributed by atoms with Crippen LogP contribution >= 0.6 is 0 Å². The predicted molar refractivity (Wildman–Crippen MR) is 117 cm³/mol. The van der Waals surface area contributed by atoms with Crippen molar-refractivity contribution in [3.63, 3.8) is 0 Å². The van der Waals surface area contributed by atoms with Gasteiger partial charge in [0.05, 0.1) is 6.21 Å². The molecule has 0 fully saturated rings. The average Bonchev–Trinajstić information content (AvgIpc) is 2.74. The Morgan fingerprint density at radius 3 is 2.90 bits per heavy atom. The lowest BCUT2D eigenvalue weighted by Crippen LogP contribution is -2.29. The Balaban J connectivity index is 2.13. The number of benzene rings is 1. The van der Waals surface area contributed by atoms with Crippen LogP contribution in [0.5, 0.6) is 5.75 Å². The smallest absolute Gasteiger partial charge is 0.343 e. The molecular formula is C23H24N2O6. The fraction of sp³-hybridized carbons (Fsp3) is 0.174. The average molecular weight is 424 g/mol. The molecular weight excluding hydrogens is 400 g/mol. The first-order chi connectivity index (χ1) is 15.0. The molecule has 162 valence electrons. The van der Waals surface area contributed by atoms with Crippen LogP contribution in [0, 0.1) is 0 Å². The molecule has 8 nitrogen and oxygen atoms in total. The van der Waals surface area contributed by atoms with E-state index in [1.54, 1.807) is 48.6 Å². The van der Waals surface area contributed by atoms with Crippen LogP contribution in [0.15, 0.2) is 78.0 Å². The van der Waals surface area contributed by atoms with Crippen LogP contribution in [0.2, 0.25) is 0 Å². The van der Waals surface area contributed by atoms with Crippen molar-refractivity contribution in [2.24, 2.45) is 5.16 Å². The van der Waals surface area contributed by atoms with Crippen LogP contribution in [0.4, 0.5) is 0 Å². The fourth-order valence-corrected chi connectivity index (χ4v) is 2.55. The number of fused-ring (bicyclic) bond motifs is 1. The number of phenols is 1. The zero-order chi connectivity index (χ0) is 22.5. The minimum Gasteiger partial charge on any atom is -0.507 e. The number of amides is 1. The molecule has 2 rings (SSSR count). The highest BCUT2D eigenvalue weighted by Crippen LogP contribution is 2.24. The van der Waals surface area contributed by atoms with Gasteiger partial charge in [-0.3, -0.25) is 4.79 Å². The summed E-state index contributed by atoms with van der Waals surface area (Å²) in [4.78, 5) is 28.9. The Labute approximate surface area is 180 Å². The number of nitrogens with zero attached hydrogens (tertiary/aromatic N) is 1. The van der Waals surface area contributed by atoms with E-state index in [0.29, 0.717) is 5.56 Å². The van der Waals surface area contributed by atoms with E-state index in [1.165, 1.54) is 43.7 Å². The summed E-state index contributed by atoms with van der Waals surface area (Å²) in [5, 5.41) is 26.6. The standard InChI is InChI=1S/C23H24N2O6/c1-30-25-16-8-14-21(28)24-15-7-13-20-18(26)11-5-3-2-4-9-17-10-6-12-19(27)22(17)23(29)31-20/h2-14,16,18,20,26-27H,15H2,1H3,(H,24,28)/b3-2-,9-4-,11-5-,13-7+,14-8-,25-16-/t18-,20-/m0/s1. The third kappa shape index (κ3) is 7.79. The summed E-state index contributed by atoms with van der Waals surface area (Å²) in [6.45, 7) is 0.138. The number of hydrogen-bond donors (Lipinski definition) is 3. The summed E-state index contributed by atoms with van der Waals surface area (Å²) in [7, 11) is 1.39. The summed E-state index contributed by atoms with van der Waals surface area (Å²) in [6.07, 6.45) is 14.8. The van der Waals surface area contributed by atoms with Crippen LogP contribution in [0.25, 0.3) is 6.08 Å². The van der Waals surface area contributed by atoms with Crippen molar-refractivity contribution in [3.05, 3.63) is 84.0 Å². The van der Waals surface area contributed by atoms with Crippen molar-refractivity contribution in [2.45, 2.75) is 12.2 Å². The minimum absolute atomic E-state index is 0.00142. The molecule has 1 heterocycles. The van der Waals surface area contributed by atoms with Gasteiger partial charge in [0.15, 0.2) is 0 Å². The zero-order valence-electron chi connectivity index (χ0n) is 16.9. The topological polar surface area (TPSA) is 117 Å². The number of aliphatic hydroxyl groups is 1. The van der Waals surface area contributed by atoms with E-state index in [1.807, 2.05) is 0 Å². The van der Waals surface area contributed by atoms with Gasteiger partial charge in [0, 0.05) is 12.6 Å². The number of aliphatic hydroxyl groups excluding tert-OH is 1. The van der Waals surface area contributed by atoms with Crippen molar-refractivity contribution in [1.82, 2.24) is 5.32 Å². The molecule has 0 radical (unpaired) electrons. The van der Waals surface area contributed by atoms with E-state index < -0.39 is 18.2 Å². The number of hydrogen-bond acceptors (Lipinski definition) is 7. The molecule has 0 aromatic heterocycles. The van der Waals surface area contributed by atoms with Gasteiger partial charge in [0.2, 0.25) is 5.91 Å². The van der Waals surface area contributed by atoms with Crippen LogP contribution in [0.3, 0.4) is 0 Å². The Hall–Kier alpha value is -3.91. The highest BCUT2D eigenvalue weighted by atomic mass is 16.6. The lowest BCUT2D eigenvalue weighted by atomic mass is 10.0. The second-order valence-corrected chi connectivity index (χ2v) is 6.20. The number of esters is 1. The van der Waals surface area contributed by atoms with Gasteiger partial charge in [-0.2, -0.15) is 0 Å². The van der Waals surface area contributed by atoms with E-state index in [9.17, 15) is 19.8 Å². The minimum atomic E-state index is -1.14. The molecule has 31 heavy (non-hydrogen) atoms. The predicted octanol–water partition coefficient (Wildman–Crippen LogP) is 2.28. The Morgan fingerprint density at radius 1 is 1.29 bits per heavy atom. The first-order valence-corrected chi connectivity index (χ1v) is 9.43. The Bertz CT molecular complexity index is 943. The van der Waals surface area contributed by atoms with Crippen molar-refractivity contribution in [3.8, 4) is 5.75 Å². The number of rotatable bonds is 6. The molecule has 0 spiro atoms. The van der Waals surface area contributed by atoms with Crippen molar-refractivity contribution >= 4 is 24.2 Å². The van der Waals surface area contributed by atoms with Gasteiger partial charge in [0.1, 0.15) is 30.6 Å². The third-order valence-corrected chi connectivity index (χ3v) is 4.00. The number of cyclic esters (lactones) is 1. The summed E-state index contributed by atoms with van der Waals surface area (Å²) >= 11 is 0. The second kappa shape index (κ2) is 12.6. The number of phenolic OH excluding ortho intramolecular Hbond substituents is 1. The molecule has 3 N–H and O–H groups in total. The summed E-state index contributed by atoms with van der Waals surface area (Å²) in [6, 6.07) is 4.67. The number of ether oxygens (including phenoxy) is 1. The summed E-state index contributed by atoms with van der Waals surface area (Å²) in [5.74, 6) is -1.37. The van der Waals surface area contributed by atoms with E-state index in [4.69, 9.17) is 4.74 Å². The van der Waals surface area contributed by atoms with Gasteiger partial charge in [-0.05, 0) is 23.8 Å². The molecule has 1 aromatic rings. The van der Waals surface area contributed by atoms with Gasteiger partial charge in [0.25, 0.3) is 0 Å². The molecule has 1 amide bonds. The monoisotopic (exact) mass is 424 g/mol. The summed E-state index contributed by atoms with van der Waals surface area (Å²) < 4.78 is 5.44. The second-order valence-electron chi connectivity index (χ2n) is 6.20. The maximum absolute atomic E-state index is 12.7. The first kappa shape index (κ1) is 23.4. The van der Waals surface area contributed by atoms with Crippen LogP contribution in [-0.4, -0.2) is 54.2 Å². The Morgan fingerprint density at radius 2 is 2.10 bits per heavy atom. The molecule has 0 aliphatic carbocycles. The number of carbonyl (C=O) groups is 2. The largest absolute Gasteiger partial charge is 0.507 e. The maximum Gasteiger partial charge on any atom is 0.343 e. The van der Waals surface area contributed by atoms with Crippen LogP contribution in [0.1, 0.15) is 15.9 Å². The third-order valence-electron chi connectivity index (χ3n) is 4.00. The van der Waals surface area contributed by atoms with E-state index in [2.05, 4.69) is 15.3 Å². The molecule has 0 saturated carbocycles. The van der Waals surface area contributed by atoms with E-state index in [0.717, 1.165) is 0 Å². The molecule has 1 aliphatic heterocycles. The first-order valence-electron chi connectivity index (χ1n) is 9.43. The quantitative estimate of drug-likeness (QED) is 0.212. The number of nitrogens with one attached hydrogen (secondary N) is 1. The lowest BCUT2D eigenvalue weighted by Gasteiger charge is -2.19. The molecule has 0 bridgehead atoms. The molecule has 0 saturated heterocycles. The highest BCUT2D eigenvalue weighted by molar-refractivity contribution is 5.96. The van der Waals surface area contributed by atoms with Crippen LogP contribution in [-0.2, 0) is 14.4 Å². The molecule has 1 aromatic carbocycles. The number of allylic oxidation sites excluding steroid dienone is 5. The molecule has 0 unspecified atom stereocenters. The molecule has 8 heteroatoms. The van der Waals surface area contributed by atoms with Gasteiger partial charge in [-0.15, -0.1) is 0 Å². The van der Waals surface area contributed by atoms with Gasteiger partial charge in [-0.25, -0.2) is 4.79 Å². The van der Waals surface area contributed by atoms with Crippen molar-refractivity contribution < 1.29 is 29.4 Å². The normalized spacial score (nSPS) is 22.3. The zero-order valence-corrected chi connectivity index (χ0v) is 16.9. The van der Waals surface area contributed by atoms with E-state index >= 15 is 0 Å². The SMILES string of the molecule is CO/N=C\C=C/C(=O)NC/C=C/[C@@H]1OC(=O)c2c(O)cccc2\C=C/C=C\C=C/[C@@H]1O. The highest BCUT2D eigenvalue weighted by Gasteiger charge is 2.23. The van der Waals surface area contributed by atoms with Crippen LogP contribution < -0.4 is 5.32 Å². The Kier molecular flexibility index (Phi) is 9.51. The maximum atomic E-state index is 12.7. The molecule has 2 atom stereocenters. The van der Waals surface area contributed by atoms with Gasteiger partial charge >= 0.3 is 5.97 Å². The number of aromatic hydroxyl groups is 1. The number of carbonyl (C=O) groups excluding carboxylic acids is 2. The van der Waals surface area contributed by atoms with Gasteiger partial charge < -0.3 is 25.1 Å². The van der Waals surface area contributed by atoms with Gasteiger partial charge in [-0.1, -0.05) is 59.8 Å². The van der Waals surface area contributed by atoms with Crippen molar-refractivity contribution in [2.75, 3.05) is 13.7 Å².